The molecule has 15 heavy (non-hydrogen) atoms. The van der Waals surface area contributed by atoms with Gasteiger partial charge in [-0.25, -0.2) is 4.98 Å². The topological polar surface area (TPSA) is 50.9 Å². The Hall–Kier alpha value is -0.450. The standard InChI is InChI=1S/C11H21N3S/c1-3-11(4-2,7-12)8-13-5-10-6-15-9-14-10/h6,9,13H,3-5,7-8,12H2,1-2H3. The average Bonchev–Trinajstić information content (AvgIpc) is 2.78. The molecule has 0 saturated heterocycles. The monoisotopic (exact) mass is 227 g/mol. The first kappa shape index (κ1) is 12.6. The minimum absolute atomic E-state index is 0.260. The Morgan fingerprint density at radius 2 is 2.20 bits per heavy atom. The van der Waals surface area contributed by atoms with Crippen molar-refractivity contribution < 1.29 is 0 Å². The molecule has 1 heterocycles. The van der Waals surface area contributed by atoms with Crippen LogP contribution >= 0.6 is 11.3 Å². The highest BCUT2D eigenvalue weighted by molar-refractivity contribution is 7.07. The quantitative estimate of drug-likeness (QED) is 0.749. The van der Waals surface area contributed by atoms with Crippen molar-refractivity contribution in [2.45, 2.75) is 33.2 Å². The molecule has 1 aromatic rings. The van der Waals surface area contributed by atoms with E-state index in [1.54, 1.807) is 11.3 Å². The van der Waals surface area contributed by atoms with Gasteiger partial charge in [0.2, 0.25) is 0 Å². The Balaban J connectivity index is 2.34. The third kappa shape index (κ3) is 3.55. The second kappa shape index (κ2) is 6.20. The van der Waals surface area contributed by atoms with E-state index in [2.05, 4.69) is 29.5 Å². The number of rotatable bonds is 7. The molecule has 0 amide bonds. The average molecular weight is 227 g/mol. The predicted molar refractivity (Wildman–Crippen MR) is 65.9 cm³/mol. The first-order chi connectivity index (χ1) is 7.26. The van der Waals surface area contributed by atoms with Gasteiger partial charge in [0, 0.05) is 18.5 Å². The van der Waals surface area contributed by atoms with Crippen LogP contribution in [0.15, 0.2) is 10.9 Å². The third-order valence-corrected chi connectivity index (χ3v) is 3.86. The molecule has 0 atom stereocenters. The molecule has 0 fully saturated rings. The molecule has 4 heteroatoms. The summed E-state index contributed by atoms with van der Waals surface area (Å²) < 4.78 is 0. The van der Waals surface area contributed by atoms with Crippen molar-refractivity contribution in [3.05, 3.63) is 16.6 Å². The number of hydrogen-bond donors (Lipinski definition) is 2. The summed E-state index contributed by atoms with van der Waals surface area (Å²) in [6, 6.07) is 0. The van der Waals surface area contributed by atoms with Crippen LogP contribution in [-0.4, -0.2) is 18.1 Å². The molecule has 86 valence electrons. The molecule has 0 spiro atoms. The summed E-state index contributed by atoms with van der Waals surface area (Å²) >= 11 is 1.64. The zero-order valence-electron chi connectivity index (χ0n) is 9.62. The van der Waals surface area contributed by atoms with E-state index in [1.165, 1.54) is 0 Å². The molecule has 0 saturated carbocycles. The lowest BCUT2D eigenvalue weighted by Crippen LogP contribution is -2.39. The number of thiazole rings is 1. The maximum Gasteiger partial charge on any atom is 0.0795 e. The van der Waals surface area contributed by atoms with Gasteiger partial charge in [0.15, 0.2) is 0 Å². The Morgan fingerprint density at radius 3 is 2.67 bits per heavy atom. The van der Waals surface area contributed by atoms with Crippen LogP contribution in [0.3, 0.4) is 0 Å². The van der Waals surface area contributed by atoms with Gasteiger partial charge in [-0.15, -0.1) is 11.3 Å². The number of nitrogens with one attached hydrogen (secondary N) is 1. The van der Waals surface area contributed by atoms with Crippen LogP contribution in [0, 0.1) is 5.41 Å². The maximum atomic E-state index is 5.83. The lowest BCUT2D eigenvalue weighted by Gasteiger charge is -2.30. The van der Waals surface area contributed by atoms with E-state index in [0.717, 1.165) is 38.2 Å². The van der Waals surface area contributed by atoms with E-state index in [-0.39, 0.29) is 5.41 Å². The molecular formula is C11H21N3S. The van der Waals surface area contributed by atoms with Crippen LogP contribution in [0.5, 0.6) is 0 Å². The van der Waals surface area contributed by atoms with Crippen LogP contribution < -0.4 is 11.1 Å². The highest BCUT2D eigenvalue weighted by Gasteiger charge is 2.23. The van der Waals surface area contributed by atoms with E-state index >= 15 is 0 Å². The molecule has 0 aliphatic carbocycles. The third-order valence-electron chi connectivity index (χ3n) is 3.22. The van der Waals surface area contributed by atoms with Gasteiger partial charge < -0.3 is 11.1 Å². The summed E-state index contributed by atoms with van der Waals surface area (Å²) in [6.07, 6.45) is 2.26. The van der Waals surface area contributed by atoms with Crippen molar-refractivity contribution in [1.29, 1.82) is 0 Å². The zero-order chi connectivity index (χ0) is 11.1. The van der Waals surface area contributed by atoms with Crippen LogP contribution in [0.4, 0.5) is 0 Å². The van der Waals surface area contributed by atoms with Crippen molar-refractivity contribution in [3.63, 3.8) is 0 Å². The van der Waals surface area contributed by atoms with Crippen molar-refractivity contribution in [2.75, 3.05) is 13.1 Å². The molecule has 0 aliphatic heterocycles. The van der Waals surface area contributed by atoms with Crippen molar-refractivity contribution in [3.8, 4) is 0 Å². The molecule has 3 N–H and O–H groups in total. The highest BCUT2D eigenvalue weighted by atomic mass is 32.1. The fourth-order valence-electron chi connectivity index (χ4n) is 1.64. The van der Waals surface area contributed by atoms with E-state index in [0.29, 0.717) is 0 Å². The first-order valence-corrected chi connectivity index (χ1v) is 6.48. The van der Waals surface area contributed by atoms with Crippen molar-refractivity contribution in [2.24, 2.45) is 11.1 Å². The normalized spacial score (nSPS) is 11.9. The van der Waals surface area contributed by atoms with Crippen molar-refractivity contribution in [1.82, 2.24) is 10.3 Å². The summed E-state index contributed by atoms with van der Waals surface area (Å²) in [7, 11) is 0. The number of hydrogen-bond acceptors (Lipinski definition) is 4. The summed E-state index contributed by atoms with van der Waals surface area (Å²) in [5.41, 5.74) is 9.09. The Bertz CT molecular complexity index is 247. The van der Waals surface area contributed by atoms with Gasteiger partial charge >= 0.3 is 0 Å². The van der Waals surface area contributed by atoms with Gasteiger partial charge in [0.05, 0.1) is 11.2 Å². The van der Waals surface area contributed by atoms with Crippen LogP contribution in [0.2, 0.25) is 0 Å². The second-order valence-electron chi connectivity index (χ2n) is 3.99. The molecule has 3 nitrogen and oxygen atoms in total. The molecular weight excluding hydrogens is 206 g/mol. The van der Waals surface area contributed by atoms with Gasteiger partial charge in [-0.1, -0.05) is 13.8 Å². The van der Waals surface area contributed by atoms with E-state index in [1.807, 2.05) is 5.51 Å². The lowest BCUT2D eigenvalue weighted by atomic mass is 9.82. The Morgan fingerprint density at radius 1 is 1.47 bits per heavy atom. The largest absolute Gasteiger partial charge is 0.330 e. The molecule has 0 radical (unpaired) electrons. The summed E-state index contributed by atoms with van der Waals surface area (Å²) in [4.78, 5) is 4.24. The van der Waals surface area contributed by atoms with Crippen LogP contribution in [0.1, 0.15) is 32.4 Å². The molecule has 0 bridgehead atoms. The van der Waals surface area contributed by atoms with Gasteiger partial charge in [0.1, 0.15) is 0 Å². The maximum absolute atomic E-state index is 5.83. The number of aromatic nitrogens is 1. The minimum atomic E-state index is 0.260. The first-order valence-electron chi connectivity index (χ1n) is 5.54. The summed E-state index contributed by atoms with van der Waals surface area (Å²) in [5, 5.41) is 5.52. The Labute approximate surface area is 96.1 Å². The van der Waals surface area contributed by atoms with Crippen LogP contribution in [-0.2, 0) is 6.54 Å². The predicted octanol–water partition coefficient (Wildman–Crippen LogP) is 2.00. The number of nitrogens with zero attached hydrogens (tertiary/aromatic N) is 1. The molecule has 0 unspecified atom stereocenters. The molecule has 1 rings (SSSR count). The van der Waals surface area contributed by atoms with Gasteiger partial charge in [-0.2, -0.15) is 0 Å². The number of nitrogens with two attached hydrogens (primary N) is 1. The van der Waals surface area contributed by atoms with E-state index in [9.17, 15) is 0 Å². The lowest BCUT2D eigenvalue weighted by molar-refractivity contribution is 0.258. The SMILES string of the molecule is CCC(CC)(CN)CNCc1cscn1. The fourth-order valence-corrected chi connectivity index (χ4v) is 2.20. The summed E-state index contributed by atoms with van der Waals surface area (Å²) in [6.45, 7) is 7.01. The fraction of sp³-hybridized carbons (Fsp3) is 0.727. The van der Waals surface area contributed by atoms with Crippen molar-refractivity contribution >= 4 is 11.3 Å². The molecule has 0 aromatic carbocycles. The highest BCUT2D eigenvalue weighted by Crippen LogP contribution is 2.23. The van der Waals surface area contributed by atoms with E-state index in [4.69, 9.17) is 5.73 Å². The second-order valence-corrected chi connectivity index (χ2v) is 4.71. The van der Waals surface area contributed by atoms with Gasteiger partial charge in [-0.3, -0.25) is 0 Å². The van der Waals surface area contributed by atoms with E-state index < -0.39 is 0 Å². The summed E-state index contributed by atoms with van der Waals surface area (Å²) in [5.74, 6) is 0. The van der Waals surface area contributed by atoms with Gasteiger partial charge in [-0.05, 0) is 24.8 Å². The van der Waals surface area contributed by atoms with Crippen LogP contribution in [0.25, 0.3) is 0 Å². The zero-order valence-corrected chi connectivity index (χ0v) is 10.4. The molecule has 0 aliphatic rings. The Kier molecular flexibility index (Phi) is 5.22. The van der Waals surface area contributed by atoms with Gasteiger partial charge in [0.25, 0.3) is 0 Å². The molecule has 1 aromatic heterocycles. The smallest absolute Gasteiger partial charge is 0.0795 e. The minimum Gasteiger partial charge on any atom is -0.330 e.